The lowest BCUT2D eigenvalue weighted by molar-refractivity contribution is -0.0920. The van der Waals surface area contributed by atoms with E-state index < -0.39 is 43.8 Å². The summed E-state index contributed by atoms with van der Waals surface area (Å²) in [5.74, 6) is 1.45. The first-order chi connectivity index (χ1) is 26.4. The molecule has 4 aromatic carbocycles. The number of fused-ring (bicyclic) bond motifs is 1. The van der Waals surface area contributed by atoms with E-state index in [1.807, 2.05) is 84.9 Å². The molecule has 54 heavy (non-hydrogen) atoms. The predicted octanol–water partition coefficient (Wildman–Crippen LogP) is 7.01. The van der Waals surface area contributed by atoms with E-state index in [0.717, 1.165) is 53.1 Å². The fourth-order valence-electron chi connectivity index (χ4n) is 7.86. The first-order valence-electron chi connectivity index (χ1n) is 18.3. The molecule has 3 aliphatic heterocycles. The molecule has 5 aromatic rings. The van der Waals surface area contributed by atoms with Gasteiger partial charge in [-0.1, -0.05) is 84.9 Å². The Morgan fingerprint density at radius 1 is 0.833 bits per heavy atom. The number of aryl methyl sites for hydroxylation is 1. The molecule has 0 amide bonds. The zero-order valence-electron chi connectivity index (χ0n) is 30.5. The van der Waals surface area contributed by atoms with Crippen LogP contribution in [-0.4, -0.2) is 59.8 Å². The van der Waals surface area contributed by atoms with Crippen molar-refractivity contribution in [2.45, 2.75) is 62.4 Å². The smallest absolute Gasteiger partial charge is 0.330 e. The molecule has 0 spiro atoms. The van der Waals surface area contributed by atoms with E-state index in [1.54, 1.807) is 27.3 Å². The van der Waals surface area contributed by atoms with Gasteiger partial charge in [-0.05, 0) is 66.3 Å². The number of aromatic nitrogens is 2. The summed E-state index contributed by atoms with van der Waals surface area (Å²) in [5, 5.41) is 0. The van der Waals surface area contributed by atoms with Crippen LogP contribution in [0.5, 0.6) is 11.5 Å². The van der Waals surface area contributed by atoms with Crippen molar-refractivity contribution in [2.24, 2.45) is 0 Å². The second-order valence-corrected chi connectivity index (χ2v) is 15.3. The molecule has 11 nitrogen and oxygen atoms in total. The topological polar surface area (TPSA) is 113 Å². The van der Waals surface area contributed by atoms with Crippen LogP contribution in [0.25, 0.3) is 0 Å². The highest BCUT2D eigenvalue weighted by molar-refractivity contribution is 7.45. The minimum Gasteiger partial charge on any atom is -0.497 e. The third-order valence-corrected chi connectivity index (χ3v) is 12.4. The van der Waals surface area contributed by atoms with Gasteiger partial charge in [-0.15, -0.1) is 0 Å². The molecule has 1 aromatic heterocycles. The van der Waals surface area contributed by atoms with Crippen LogP contribution >= 0.6 is 8.53 Å². The van der Waals surface area contributed by atoms with Crippen molar-refractivity contribution in [3.8, 4) is 11.5 Å². The number of hydrogen-bond acceptors (Lipinski definition) is 9. The van der Waals surface area contributed by atoms with Gasteiger partial charge < -0.3 is 28.0 Å². The molecule has 3 fully saturated rings. The van der Waals surface area contributed by atoms with Gasteiger partial charge in [0.25, 0.3) is 14.1 Å². The molecule has 280 valence electrons. The molecule has 0 bridgehead atoms. The van der Waals surface area contributed by atoms with Gasteiger partial charge >= 0.3 is 5.69 Å². The van der Waals surface area contributed by atoms with Gasteiger partial charge in [-0.2, -0.15) is 0 Å². The van der Waals surface area contributed by atoms with E-state index in [9.17, 15) is 9.59 Å². The van der Waals surface area contributed by atoms with Gasteiger partial charge in [0.2, 0.25) is 0 Å². The van der Waals surface area contributed by atoms with Gasteiger partial charge in [0.1, 0.15) is 35.5 Å². The summed E-state index contributed by atoms with van der Waals surface area (Å²) >= 11 is 0. The van der Waals surface area contributed by atoms with E-state index in [0.29, 0.717) is 12.0 Å². The predicted molar refractivity (Wildman–Crippen MR) is 205 cm³/mol. The lowest BCUT2D eigenvalue weighted by atomic mass is 9.80. The first-order valence-corrected chi connectivity index (χ1v) is 19.4. The van der Waals surface area contributed by atoms with Crippen LogP contribution in [0.2, 0.25) is 0 Å². The molecule has 1 N–H and O–H groups in total. The minimum absolute atomic E-state index is 0.0971. The maximum absolute atomic E-state index is 13.2. The third kappa shape index (κ3) is 6.92. The lowest BCUT2D eigenvalue weighted by Crippen LogP contribution is -2.38. The van der Waals surface area contributed by atoms with Crippen LogP contribution in [0.15, 0.2) is 125 Å². The van der Waals surface area contributed by atoms with E-state index in [-0.39, 0.29) is 18.8 Å². The fraction of sp³-hybridized carbons (Fsp3) is 0.333. The maximum atomic E-state index is 13.2. The largest absolute Gasteiger partial charge is 0.497 e. The summed E-state index contributed by atoms with van der Waals surface area (Å²) in [5.41, 5.74) is 2.15. The summed E-state index contributed by atoms with van der Waals surface area (Å²) < 4.78 is 42.6. The first kappa shape index (κ1) is 36.4. The summed E-state index contributed by atoms with van der Waals surface area (Å²) in [6, 6.07) is 36.3. The Kier molecular flexibility index (Phi) is 10.5. The molecule has 3 aliphatic rings. The zero-order chi connectivity index (χ0) is 37.2. The quantitative estimate of drug-likeness (QED) is 0.106. The second-order valence-electron chi connectivity index (χ2n) is 13.8. The molecule has 4 heterocycles. The highest BCUT2D eigenvalue weighted by Crippen LogP contribution is 2.61. The van der Waals surface area contributed by atoms with Crippen LogP contribution < -0.4 is 20.7 Å². The number of aromatic amines is 1. The normalized spacial score (nSPS) is 24.1. The van der Waals surface area contributed by atoms with E-state index in [2.05, 4.69) is 33.9 Å². The number of hydrogen-bond donors (Lipinski definition) is 1. The number of nitrogens with one attached hydrogen (secondary N) is 1. The van der Waals surface area contributed by atoms with Crippen molar-refractivity contribution in [2.75, 3.05) is 27.4 Å². The number of nitrogens with zero attached hydrogens (tertiary/aromatic N) is 2. The summed E-state index contributed by atoms with van der Waals surface area (Å²) in [6.07, 6.45) is 2.05. The van der Waals surface area contributed by atoms with Crippen molar-refractivity contribution in [3.05, 3.63) is 164 Å². The van der Waals surface area contributed by atoms with Crippen LogP contribution in [0.3, 0.4) is 0 Å². The molecule has 0 aliphatic carbocycles. The third-order valence-electron chi connectivity index (χ3n) is 10.7. The Morgan fingerprint density at radius 3 is 2.07 bits per heavy atom. The second kappa shape index (κ2) is 15.6. The highest BCUT2D eigenvalue weighted by atomic mass is 31.2. The Labute approximate surface area is 315 Å². The van der Waals surface area contributed by atoms with Crippen molar-refractivity contribution in [1.82, 2.24) is 14.2 Å². The van der Waals surface area contributed by atoms with Gasteiger partial charge in [-0.25, -0.2) is 9.46 Å². The molecule has 6 atom stereocenters. The molecule has 12 heteroatoms. The number of benzene rings is 4. The van der Waals surface area contributed by atoms with Crippen molar-refractivity contribution < 1.29 is 28.0 Å². The minimum atomic E-state index is -1.45. The molecule has 0 saturated carbocycles. The van der Waals surface area contributed by atoms with Gasteiger partial charge in [0.15, 0.2) is 0 Å². The molecule has 0 radical (unpaired) electrons. The van der Waals surface area contributed by atoms with E-state index >= 15 is 0 Å². The number of ether oxygens (including phenoxy) is 4. The fourth-order valence-corrected chi connectivity index (χ4v) is 9.84. The zero-order valence-corrected chi connectivity index (χ0v) is 31.4. The van der Waals surface area contributed by atoms with Crippen LogP contribution in [-0.2, 0) is 24.1 Å². The maximum Gasteiger partial charge on any atom is 0.330 e. The number of H-pyrrole nitrogens is 1. The van der Waals surface area contributed by atoms with Crippen molar-refractivity contribution in [1.29, 1.82) is 0 Å². The standard InChI is InChI=1S/C42H44N3O8P/c1-28-26-44(41(47)43-40(28)46)38-25-36(52-54-45-24-10-15-35(45)39(53-54)29-11-6-4-7-12-29)37(51-38)27-50-42(30-13-8-5-9-14-30,31-16-20-33(48-2)21-17-31)32-18-22-34(49-3)23-19-32/h4-9,11-14,16-23,26,35-39H,10,15,24-25,27H2,1-3H3,(H,43,46,47)/t35-,36-,37+,38+,39-,54?/m0/s1. The Balaban J connectivity index is 1.17. The van der Waals surface area contributed by atoms with Gasteiger partial charge in [0, 0.05) is 30.8 Å². The van der Waals surface area contributed by atoms with Gasteiger partial charge in [-0.3, -0.25) is 14.3 Å². The monoisotopic (exact) mass is 749 g/mol. The Hall–Kier alpha value is -4.61. The van der Waals surface area contributed by atoms with Crippen LogP contribution in [0, 0.1) is 6.92 Å². The Bertz CT molecular complexity index is 2100. The Morgan fingerprint density at radius 2 is 1.44 bits per heavy atom. The van der Waals surface area contributed by atoms with Crippen molar-refractivity contribution in [3.63, 3.8) is 0 Å². The summed E-state index contributed by atoms with van der Waals surface area (Å²) in [7, 11) is 1.84. The van der Waals surface area contributed by atoms with E-state index in [1.165, 1.54) is 4.57 Å². The van der Waals surface area contributed by atoms with Crippen LogP contribution in [0.1, 0.15) is 59.4 Å². The SMILES string of the molecule is COc1ccc(C(OC[C@H]2O[C@@H](n3cc(C)c(=O)[nH]c3=O)C[C@@H]2OP2O[C@@H](c3ccccc3)[C@@H]3CCCN32)(c2ccccc2)c2ccc(OC)cc2)cc1. The molecular formula is C42H44N3O8P. The summed E-state index contributed by atoms with van der Waals surface area (Å²) in [4.78, 5) is 27.9. The molecular weight excluding hydrogens is 705 g/mol. The average molecular weight is 750 g/mol. The average Bonchev–Trinajstić information content (AvgIpc) is 3.95. The molecule has 1 unspecified atom stereocenters. The van der Waals surface area contributed by atoms with E-state index in [4.69, 9.17) is 28.0 Å². The number of methoxy groups -OCH3 is 2. The molecule has 8 rings (SSSR count). The molecule has 3 saturated heterocycles. The summed E-state index contributed by atoms with van der Waals surface area (Å²) in [6.45, 7) is 2.64. The lowest BCUT2D eigenvalue weighted by Gasteiger charge is -2.37. The van der Waals surface area contributed by atoms with Gasteiger partial charge in [0.05, 0.1) is 26.9 Å². The van der Waals surface area contributed by atoms with Crippen LogP contribution in [0.4, 0.5) is 0 Å². The van der Waals surface area contributed by atoms with Crippen molar-refractivity contribution >= 4 is 8.53 Å². The number of rotatable bonds is 12. The highest BCUT2D eigenvalue weighted by Gasteiger charge is 2.51.